The summed E-state index contributed by atoms with van der Waals surface area (Å²) in [4.78, 5) is 11.5. The third-order valence-corrected chi connectivity index (χ3v) is 2.72. The van der Waals surface area contributed by atoms with Gasteiger partial charge in [-0.2, -0.15) is 0 Å². The third kappa shape index (κ3) is 4.61. The smallest absolute Gasteiger partial charge is 0.220 e. The van der Waals surface area contributed by atoms with Gasteiger partial charge in [0.25, 0.3) is 0 Å². The van der Waals surface area contributed by atoms with Crippen LogP contribution in [0, 0.1) is 0 Å². The Kier molecular flexibility index (Phi) is 3.93. The number of carbonyl (C=O) groups is 1. The van der Waals surface area contributed by atoms with Crippen LogP contribution >= 0.6 is 0 Å². The van der Waals surface area contributed by atoms with Gasteiger partial charge in [-0.25, -0.2) is 0 Å². The Bertz CT molecular complexity index is 190. The lowest BCUT2D eigenvalue weighted by atomic mass is 10.00. The molecule has 3 heteroatoms. The van der Waals surface area contributed by atoms with Crippen LogP contribution in [0.2, 0.25) is 0 Å². The summed E-state index contributed by atoms with van der Waals surface area (Å²) in [7, 11) is 0. The lowest BCUT2D eigenvalue weighted by molar-refractivity contribution is -0.122. The molecule has 0 unspecified atom stereocenters. The molecule has 14 heavy (non-hydrogen) atoms. The first-order valence-corrected chi connectivity index (χ1v) is 5.56. The maximum absolute atomic E-state index is 11.5. The summed E-state index contributed by atoms with van der Waals surface area (Å²) in [6.07, 6.45) is 6.13. The molecular weight excluding hydrogens is 176 g/mol. The van der Waals surface area contributed by atoms with Gasteiger partial charge >= 0.3 is 0 Å². The van der Waals surface area contributed by atoms with Gasteiger partial charge in [0.05, 0.1) is 0 Å². The van der Waals surface area contributed by atoms with Gasteiger partial charge in [0, 0.05) is 18.0 Å². The molecule has 1 fully saturated rings. The highest BCUT2D eigenvalue weighted by Crippen LogP contribution is 2.18. The molecule has 0 bridgehead atoms. The largest absolute Gasteiger partial charge is 0.353 e. The molecular formula is C11H22N2O. The second kappa shape index (κ2) is 4.78. The van der Waals surface area contributed by atoms with Gasteiger partial charge in [-0.15, -0.1) is 0 Å². The van der Waals surface area contributed by atoms with Crippen molar-refractivity contribution in [1.82, 2.24) is 5.32 Å². The molecule has 0 heterocycles. The Hall–Kier alpha value is -0.570. The van der Waals surface area contributed by atoms with Crippen LogP contribution in [-0.4, -0.2) is 17.5 Å². The molecule has 1 aliphatic rings. The highest BCUT2D eigenvalue weighted by Gasteiger charge is 2.18. The zero-order valence-electron chi connectivity index (χ0n) is 9.31. The molecule has 1 amide bonds. The van der Waals surface area contributed by atoms with Crippen molar-refractivity contribution in [2.45, 2.75) is 64.0 Å². The molecule has 0 aromatic rings. The fraction of sp³-hybridized carbons (Fsp3) is 0.909. The van der Waals surface area contributed by atoms with Gasteiger partial charge in [-0.3, -0.25) is 4.79 Å². The topological polar surface area (TPSA) is 55.1 Å². The molecule has 0 radical (unpaired) electrons. The second-order valence-corrected chi connectivity index (χ2v) is 5.04. The van der Waals surface area contributed by atoms with Crippen molar-refractivity contribution in [2.24, 2.45) is 5.73 Å². The fourth-order valence-corrected chi connectivity index (χ4v) is 1.81. The Balaban J connectivity index is 2.15. The normalized spacial score (nSPS) is 18.5. The number of hydrogen-bond acceptors (Lipinski definition) is 2. The lowest BCUT2D eigenvalue weighted by Crippen LogP contribution is -2.37. The number of amides is 1. The standard InChI is InChI=1S/C11H22N2O/c1-11(2,12)8-7-10(14)13-9-5-3-4-6-9/h9H,3-8,12H2,1-2H3,(H,13,14). The van der Waals surface area contributed by atoms with Crippen molar-refractivity contribution in [3.05, 3.63) is 0 Å². The van der Waals surface area contributed by atoms with Crippen LogP contribution in [0.15, 0.2) is 0 Å². The van der Waals surface area contributed by atoms with E-state index < -0.39 is 0 Å². The summed E-state index contributed by atoms with van der Waals surface area (Å²) in [5.74, 6) is 0.162. The molecule has 1 aliphatic carbocycles. The molecule has 0 saturated heterocycles. The van der Waals surface area contributed by atoms with Gasteiger partial charge in [-0.05, 0) is 33.1 Å². The van der Waals surface area contributed by atoms with Crippen molar-refractivity contribution in [3.8, 4) is 0 Å². The van der Waals surface area contributed by atoms with Gasteiger partial charge in [-0.1, -0.05) is 12.8 Å². The van der Waals surface area contributed by atoms with Crippen molar-refractivity contribution in [3.63, 3.8) is 0 Å². The van der Waals surface area contributed by atoms with Crippen molar-refractivity contribution in [2.75, 3.05) is 0 Å². The minimum absolute atomic E-state index is 0.162. The number of nitrogens with two attached hydrogens (primary N) is 1. The average Bonchev–Trinajstić information content (AvgIpc) is 2.52. The highest BCUT2D eigenvalue weighted by atomic mass is 16.1. The summed E-state index contributed by atoms with van der Waals surface area (Å²) in [6, 6.07) is 0.434. The summed E-state index contributed by atoms with van der Waals surface area (Å²) in [6.45, 7) is 3.91. The fourth-order valence-electron chi connectivity index (χ4n) is 1.81. The van der Waals surface area contributed by atoms with Crippen LogP contribution in [0.3, 0.4) is 0 Å². The van der Waals surface area contributed by atoms with E-state index in [-0.39, 0.29) is 11.4 Å². The van der Waals surface area contributed by atoms with Crippen LogP contribution < -0.4 is 11.1 Å². The number of carbonyl (C=O) groups excluding carboxylic acids is 1. The van der Waals surface area contributed by atoms with Crippen molar-refractivity contribution >= 4 is 5.91 Å². The van der Waals surface area contributed by atoms with Crippen molar-refractivity contribution in [1.29, 1.82) is 0 Å². The molecule has 0 aromatic carbocycles. The zero-order chi connectivity index (χ0) is 10.6. The van der Waals surface area contributed by atoms with Gasteiger partial charge in [0.2, 0.25) is 5.91 Å². The SMILES string of the molecule is CC(C)(N)CCC(=O)NC1CCCC1. The maximum Gasteiger partial charge on any atom is 0.220 e. The molecule has 0 aliphatic heterocycles. The summed E-state index contributed by atoms with van der Waals surface area (Å²) < 4.78 is 0. The predicted molar refractivity (Wildman–Crippen MR) is 57.9 cm³/mol. The van der Waals surface area contributed by atoms with E-state index in [0.29, 0.717) is 12.5 Å². The van der Waals surface area contributed by atoms with Crippen LogP contribution in [0.5, 0.6) is 0 Å². The quantitative estimate of drug-likeness (QED) is 0.720. The van der Waals surface area contributed by atoms with E-state index >= 15 is 0 Å². The van der Waals surface area contributed by atoms with E-state index in [0.717, 1.165) is 19.3 Å². The molecule has 82 valence electrons. The highest BCUT2D eigenvalue weighted by molar-refractivity contribution is 5.76. The van der Waals surface area contributed by atoms with Crippen LogP contribution in [-0.2, 0) is 4.79 Å². The van der Waals surface area contributed by atoms with Crippen LogP contribution in [0.25, 0.3) is 0 Å². The third-order valence-electron chi connectivity index (χ3n) is 2.72. The first-order chi connectivity index (χ1) is 6.47. The van der Waals surface area contributed by atoms with E-state index in [4.69, 9.17) is 5.73 Å². The monoisotopic (exact) mass is 198 g/mol. The van der Waals surface area contributed by atoms with E-state index in [1.54, 1.807) is 0 Å². The maximum atomic E-state index is 11.5. The average molecular weight is 198 g/mol. The first-order valence-electron chi connectivity index (χ1n) is 5.56. The lowest BCUT2D eigenvalue weighted by Gasteiger charge is -2.18. The van der Waals surface area contributed by atoms with E-state index in [9.17, 15) is 4.79 Å². The Morgan fingerprint density at radius 1 is 1.43 bits per heavy atom. The summed E-state index contributed by atoms with van der Waals surface area (Å²) in [5, 5.41) is 3.06. The van der Waals surface area contributed by atoms with Gasteiger partial charge in [0.1, 0.15) is 0 Å². The summed E-state index contributed by atoms with van der Waals surface area (Å²) >= 11 is 0. The molecule has 0 spiro atoms. The number of hydrogen-bond donors (Lipinski definition) is 2. The van der Waals surface area contributed by atoms with Crippen molar-refractivity contribution < 1.29 is 4.79 Å². The molecule has 3 nitrogen and oxygen atoms in total. The van der Waals surface area contributed by atoms with Gasteiger partial charge in [0.15, 0.2) is 0 Å². The second-order valence-electron chi connectivity index (χ2n) is 5.04. The Labute approximate surface area is 86.4 Å². The molecule has 0 atom stereocenters. The molecule has 0 aromatic heterocycles. The number of rotatable bonds is 4. The molecule has 1 saturated carbocycles. The minimum Gasteiger partial charge on any atom is -0.353 e. The van der Waals surface area contributed by atoms with Crippen LogP contribution in [0.4, 0.5) is 0 Å². The number of nitrogens with one attached hydrogen (secondary N) is 1. The minimum atomic E-state index is -0.229. The zero-order valence-corrected chi connectivity index (χ0v) is 9.31. The van der Waals surface area contributed by atoms with Gasteiger partial charge < -0.3 is 11.1 Å². The summed E-state index contributed by atoms with van der Waals surface area (Å²) in [5.41, 5.74) is 5.58. The molecule has 3 N–H and O–H groups in total. The Morgan fingerprint density at radius 3 is 2.50 bits per heavy atom. The van der Waals surface area contributed by atoms with E-state index in [1.165, 1.54) is 12.8 Å². The van der Waals surface area contributed by atoms with E-state index in [2.05, 4.69) is 5.32 Å². The van der Waals surface area contributed by atoms with E-state index in [1.807, 2.05) is 13.8 Å². The van der Waals surface area contributed by atoms with Crippen LogP contribution in [0.1, 0.15) is 52.4 Å². The first kappa shape index (κ1) is 11.5. The predicted octanol–water partition coefficient (Wildman–Crippen LogP) is 1.56. The molecule has 1 rings (SSSR count). The Morgan fingerprint density at radius 2 is 2.00 bits per heavy atom.